The molecular formula is C55H61ClN2. The van der Waals surface area contributed by atoms with E-state index in [-0.39, 0.29) is 46.9 Å². The summed E-state index contributed by atoms with van der Waals surface area (Å²) in [6.07, 6.45) is 6.93. The third-order valence-corrected chi connectivity index (χ3v) is 12.3. The summed E-state index contributed by atoms with van der Waals surface area (Å²) in [7, 11) is 0. The van der Waals surface area contributed by atoms with Crippen LogP contribution in [0.5, 0.6) is 0 Å². The SMILES string of the molecule is CC(c1ccccc1)c1cc(C(C)(C)C)cc(C(C)c2ccccc2)c1-n1cc[n+](-c2c(C(C)c3ccccc3)cc(C(C)(C)C)cc2C(C)c2ccccc2)c1.[Cl-]. The molecule has 0 saturated carbocycles. The Labute approximate surface area is 355 Å². The molecule has 0 aliphatic carbocycles. The topological polar surface area (TPSA) is 8.81 Å². The third-order valence-electron chi connectivity index (χ3n) is 12.3. The lowest BCUT2D eigenvalue weighted by Gasteiger charge is -2.28. The number of imidazole rings is 1. The first-order valence-electron chi connectivity index (χ1n) is 20.9. The molecule has 0 radical (unpaired) electrons. The molecule has 2 nitrogen and oxygen atoms in total. The largest absolute Gasteiger partial charge is 1.00 e. The van der Waals surface area contributed by atoms with Crippen LogP contribution in [-0.2, 0) is 10.8 Å². The highest BCUT2D eigenvalue weighted by Gasteiger charge is 2.32. The molecule has 4 atom stereocenters. The molecule has 0 saturated heterocycles. The first kappa shape index (κ1) is 42.4. The van der Waals surface area contributed by atoms with Gasteiger partial charge >= 0.3 is 0 Å². The zero-order valence-electron chi connectivity index (χ0n) is 36.2. The summed E-state index contributed by atoms with van der Waals surface area (Å²) in [5, 5.41) is 0. The van der Waals surface area contributed by atoms with Gasteiger partial charge in [0.25, 0.3) is 6.33 Å². The van der Waals surface area contributed by atoms with Crippen molar-refractivity contribution >= 4 is 0 Å². The van der Waals surface area contributed by atoms with Crippen LogP contribution < -0.4 is 17.0 Å². The predicted octanol–water partition coefficient (Wildman–Crippen LogP) is 11.0. The summed E-state index contributed by atoms with van der Waals surface area (Å²) in [6, 6.07) is 54.0. The van der Waals surface area contributed by atoms with Gasteiger partial charge in [-0.3, -0.25) is 0 Å². The lowest BCUT2D eigenvalue weighted by Crippen LogP contribution is -3.00. The number of benzene rings is 6. The van der Waals surface area contributed by atoms with Crippen LogP contribution in [0.3, 0.4) is 0 Å². The average molecular weight is 786 g/mol. The molecule has 0 amide bonds. The number of halogens is 1. The molecule has 7 rings (SSSR count). The van der Waals surface area contributed by atoms with Crippen molar-refractivity contribution in [2.75, 3.05) is 0 Å². The van der Waals surface area contributed by atoms with E-state index in [1.165, 1.54) is 67.0 Å². The van der Waals surface area contributed by atoms with Crippen LogP contribution in [0.15, 0.2) is 164 Å². The first-order valence-corrected chi connectivity index (χ1v) is 20.9. The van der Waals surface area contributed by atoms with Gasteiger partial charge in [0.05, 0.1) is 0 Å². The third kappa shape index (κ3) is 8.79. The summed E-state index contributed by atoms with van der Waals surface area (Å²) >= 11 is 0. The summed E-state index contributed by atoms with van der Waals surface area (Å²) < 4.78 is 4.84. The lowest BCUT2D eigenvalue weighted by molar-refractivity contribution is -0.596. The van der Waals surface area contributed by atoms with Gasteiger partial charge in [0.1, 0.15) is 23.8 Å². The molecule has 58 heavy (non-hydrogen) atoms. The minimum atomic E-state index is -0.0226. The van der Waals surface area contributed by atoms with Crippen molar-refractivity contribution in [1.82, 2.24) is 4.57 Å². The van der Waals surface area contributed by atoms with E-state index in [1.54, 1.807) is 0 Å². The molecule has 0 fully saturated rings. The van der Waals surface area contributed by atoms with Crippen molar-refractivity contribution < 1.29 is 17.0 Å². The van der Waals surface area contributed by atoms with E-state index in [0.717, 1.165) is 0 Å². The molecule has 298 valence electrons. The summed E-state index contributed by atoms with van der Waals surface area (Å²) in [5.74, 6) is 0.702. The molecular weight excluding hydrogens is 724 g/mol. The Balaban J connectivity index is 0.00000567. The Morgan fingerprint density at radius 3 is 1.03 bits per heavy atom. The zero-order chi connectivity index (χ0) is 40.5. The van der Waals surface area contributed by atoms with Crippen molar-refractivity contribution in [3.63, 3.8) is 0 Å². The number of nitrogens with zero attached hydrogens (tertiary/aromatic N) is 2. The first-order chi connectivity index (χ1) is 27.2. The lowest BCUT2D eigenvalue weighted by atomic mass is 9.78. The second-order valence-corrected chi connectivity index (χ2v) is 18.3. The molecule has 0 spiro atoms. The molecule has 0 bridgehead atoms. The molecule has 6 aromatic carbocycles. The maximum absolute atomic E-state index is 2.49. The van der Waals surface area contributed by atoms with Gasteiger partial charge in [0.15, 0.2) is 0 Å². The molecule has 0 N–H and O–H groups in total. The fourth-order valence-electron chi connectivity index (χ4n) is 8.45. The standard InChI is InChI=1S/C55H61N2.ClH/c1-38(42-23-15-11-16-24-42)48-33-46(54(5,6)7)34-49(39(2)43-25-17-12-18-26-43)52(48)56-31-32-57(37-56)53-50(40(3)44-27-19-13-20-28-44)35-47(55(8,9)10)36-51(53)41(4)45-29-21-14-22-30-45;/h11-41H,1-10H3;1H/q+1;/p-1. The Morgan fingerprint density at radius 2 is 0.724 bits per heavy atom. The Kier molecular flexibility index (Phi) is 12.7. The number of aromatic nitrogens is 2. The number of hydrogen-bond donors (Lipinski definition) is 0. The predicted molar refractivity (Wildman–Crippen MR) is 241 cm³/mol. The summed E-state index contributed by atoms with van der Waals surface area (Å²) in [4.78, 5) is 0. The van der Waals surface area contributed by atoms with Gasteiger partial charge in [0.2, 0.25) is 0 Å². The van der Waals surface area contributed by atoms with Crippen LogP contribution in [0.4, 0.5) is 0 Å². The second kappa shape index (κ2) is 17.4. The normalized spacial score (nSPS) is 14.0. The fourth-order valence-corrected chi connectivity index (χ4v) is 8.45. The van der Waals surface area contributed by atoms with E-state index in [2.05, 4.69) is 243 Å². The number of hydrogen-bond acceptors (Lipinski definition) is 0. The van der Waals surface area contributed by atoms with Crippen molar-refractivity contribution in [3.05, 3.63) is 220 Å². The van der Waals surface area contributed by atoms with Crippen LogP contribution in [0, 0.1) is 0 Å². The molecule has 7 aromatic rings. The average Bonchev–Trinajstić information content (AvgIpc) is 3.72. The highest BCUT2D eigenvalue weighted by molar-refractivity contribution is 5.59. The van der Waals surface area contributed by atoms with Gasteiger partial charge < -0.3 is 12.4 Å². The summed E-state index contributed by atoms with van der Waals surface area (Å²) in [5.41, 5.74) is 15.8. The van der Waals surface area contributed by atoms with Crippen molar-refractivity contribution in [2.24, 2.45) is 0 Å². The summed E-state index contributed by atoms with van der Waals surface area (Å²) in [6.45, 7) is 23.5. The van der Waals surface area contributed by atoms with Crippen molar-refractivity contribution in [3.8, 4) is 11.4 Å². The van der Waals surface area contributed by atoms with Gasteiger partial charge in [-0.1, -0.05) is 215 Å². The zero-order valence-corrected chi connectivity index (χ0v) is 36.9. The van der Waals surface area contributed by atoms with Crippen LogP contribution in [0.2, 0.25) is 0 Å². The Morgan fingerprint density at radius 1 is 0.431 bits per heavy atom. The number of rotatable bonds is 10. The van der Waals surface area contributed by atoms with Crippen molar-refractivity contribution in [2.45, 2.75) is 104 Å². The van der Waals surface area contributed by atoms with Crippen LogP contribution >= 0.6 is 0 Å². The van der Waals surface area contributed by atoms with Gasteiger partial charge in [-0.25, -0.2) is 9.13 Å². The van der Waals surface area contributed by atoms with Gasteiger partial charge in [-0.2, -0.15) is 0 Å². The van der Waals surface area contributed by atoms with E-state index in [0.29, 0.717) is 0 Å². The second-order valence-electron chi connectivity index (χ2n) is 18.3. The van der Waals surface area contributed by atoms with Gasteiger partial charge in [-0.05, 0) is 44.2 Å². The van der Waals surface area contributed by atoms with Crippen LogP contribution in [0.25, 0.3) is 11.4 Å². The minimum Gasteiger partial charge on any atom is -1.00 e. The fraction of sp³-hybridized carbons (Fsp3) is 0.291. The highest BCUT2D eigenvalue weighted by atomic mass is 35.5. The van der Waals surface area contributed by atoms with E-state index in [9.17, 15) is 0 Å². The van der Waals surface area contributed by atoms with E-state index in [4.69, 9.17) is 0 Å². The Hall–Kier alpha value is -5.18. The van der Waals surface area contributed by atoms with E-state index in [1.807, 2.05) is 0 Å². The molecule has 4 unspecified atom stereocenters. The molecule has 0 aliphatic rings. The quantitative estimate of drug-likeness (QED) is 0.122. The van der Waals surface area contributed by atoms with E-state index < -0.39 is 0 Å². The van der Waals surface area contributed by atoms with Gasteiger partial charge in [-0.15, -0.1) is 0 Å². The highest BCUT2D eigenvalue weighted by Crippen LogP contribution is 2.42. The molecule has 3 heteroatoms. The van der Waals surface area contributed by atoms with E-state index >= 15 is 0 Å². The smallest absolute Gasteiger partial charge is 0.254 e. The maximum atomic E-state index is 2.49. The monoisotopic (exact) mass is 784 g/mol. The molecule has 0 aliphatic heterocycles. The molecule has 1 heterocycles. The minimum absolute atomic E-state index is 0. The van der Waals surface area contributed by atoms with Crippen LogP contribution in [-0.4, -0.2) is 4.57 Å². The van der Waals surface area contributed by atoms with Gasteiger partial charge in [0, 0.05) is 45.9 Å². The maximum Gasteiger partial charge on any atom is 0.254 e. The Bertz CT molecular complexity index is 2110. The molecule has 1 aromatic heterocycles. The van der Waals surface area contributed by atoms with Crippen molar-refractivity contribution in [1.29, 1.82) is 0 Å². The van der Waals surface area contributed by atoms with Crippen LogP contribution in [0.1, 0.15) is 149 Å².